The zero-order valence-electron chi connectivity index (χ0n) is 43.6. The Kier molecular flexibility index (Phi) is 13.6. The number of aromatic nitrogens is 4. The zero-order valence-corrected chi connectivity index (χ0v) is 43.6. The van der Waals surface area contributed by atoms with Crippen molar-refractivity contribution in [2.75, 3.05) is 46.6 Å². The lowest BCUT2D eigenvalue weighted by atomic mass is 9.86. The molecule has 36 heteroatoms. The largest absolute Gasteiger partial charge is 0.497 e. The molecule has 10 rings (SSSR count). The van der Waals surface area contributed by atoms with Crippen LogP contribution in [0.25, 0.3) is 11.4 Å². The SMILES string of the molecule is COc1ccc(-n2nc(C(N)=O)c3c2C(=O)N(c2ccc(N4C(=O)CC(O)(O)C(O)(OCOc5ccc(-n6nc(C(N)=O)c7c6C(=O)N(c6ccc(N8C(=O)C(O)(O)C(O)(O)C(O)(O)C8(O)O)cc6)CC7(O)O)cc5)C4(O)O)cc2)CC3(O)O)cc1. The molecule has 6 aromatic rings. The Bertz CT molecular complexity index is 3800. The molecular formula is C50H48N10O26. The molecule has 86 heavy (non-hydrogen) atoms. The van der Waals surface area contributed by atoms with E-state index >= 15 is 0 Å². The van der Waals surface area contributed by atoms with Crippen LogP contribution < -0.4 is 40.5 Å². The second-order valence-electron chi connectivity index (χ2n) is 20.0. The number of nitrogens with zero attached hydrogens (tertiary/aromatic N) is 8. The van der Waals surface area contributed by atoms with Gasteiger partial charge in [-0.2, -0.15) is 10.2 Å². The summed E-state index contributed by atoms with van der Waals surface area (Å²) in [5.41, 5.74) is 5.16. The van der Waals surface area contributed by atoms with E-state index in [0.717, 1.165) is 87.1 Å². The van der Waals surface area contributed by atoms with Crippen LogP contribution in [0.15, 0.2) is 97.1 Å². The second-order valence-corrected chi connectivity index (χ2v) is 20.0. The highest BCUT2D eigenvalue weighted by molar-refractivity contribution is 6.11. The van der Waals surface area contributed by atoms with E-state index in [1.807, 2.05) is 0 Å². The number of primary amides is 2. The molecule has 6 amide bonds. The molecule has 2 aromatic heterocycles. The first kappa shape index (κ1) is 60.1. The second kappa shape index (κ2) is 19.5. The summed E-state index contributed by atoms with van der Waals surface area (Å²) in [6.07, 6.45) is -1.48. The number of benzene rings is 4. The third-order valence-electron chi connectivity index (χ3n) is 14.6. The van der Waals surface area contributed by atoms with Crippen molar-refractivity contribution in [2.45, 2.75) is 58.8 Å². The Morgan fingerprint density at radius 2 is 0.895 bits per heavy atom. The summed E-state index contributed by atoms with van der Waals surface area (Å²) in [6, 6.07) is 17.7. The minimum absolute atomic E-state index is 0.0892. The van der Waals surface area contributed by atoms with Crippen LogP contribution in [-0.4, -0.2) is 210 Å². The first-order valence-electron chi connectivity index (χ1n) is 24.5. The molecule has 4 aliphatic heterocycles. The van der Waals surface area contributed by atoms with Gasteiger partial charge in [-0.3, -0.25) is 38.6 Å². The average molecular weight is 1200 g/mol. The minimum Gasteiger partial charge on any atom is -0.497 e. The maximum absolute atomic E-state index is 14.3. The molecule has 4 aromatic carbocycles. The van der Waals surface area contributed by atoms with Crippen molar-refractivity contribution in [3.8, 4) is 22.9 Å². The van der Waals surface area contributed by atoms with Crippen LogP contribution in [0, 0.1) is 0 Å². The van der Waals surface area contributed by atoms with E-state index < -0.39 is 164 Å². The van der Waals surface area contributed by atoms with Gasteiger partial charge in [0.25, 0.3) is 35.3 Å². The van der Waals surface area contributed by atoms with Crippen molar-refractivity contribution >= 4 is 58.2 Å². The number of methoxy groups -OCH3 is 1. The summed E-state index contributed by atoms with van der Waals surface area (Å²) in [5.74, 6) is -44.6. The number of ether oxygens (including phenoxy) is 3. The molecule has 0 spiro atoms. The van der Waals surface area contributed by atoms with Crippen molar-refractivity contribution in [1.29, 1.82) is 0 Å². The number of β-amino-alcohol motifs (C(OH)–C–C–N with tert-alkyl or cyclic N) is 4. The Morgan fingerprint density at radius 1 is 0.512 bits per heavy atom. The van der Waals surface area contributed by atoms with E-state index in [1.54, 1.807) is 0 Å². The molecule has 1 atom stereocenters. The monoisotopic (exact) mass is 1200 g/mol. The quantitative estimate of drug-likeness (QED) is 0.0478. The molecule has 2 fully saturated rings. The van der Waals surface area contributed by atoms with Gasteiger partial charge in [0, 0.05) is 22.7 Å². The van der Waals surface area contributed by atoms with Gasteiger partial charge in [0.2, 0.25) is 23.3 Å². The smallest absolute Gasteiger partial charge is 0.316 e. The summed E-state index contributed by atoms with van der Waals surface area (Å²) in [7, 11) is 1.40. The number of nitrogens with two attached hydrogens (primary N) is 2. The highest BCUT2D eigenvalue weighted by Gasteiger charge is 2.81. The maximum atomic E-state index is 14.3. The molecule has 0 radical (unpaired) electrons. The number of hydrogen-bond donors (Lipinski definition) is 19. The lowest BCUT2D eigenvalue weighted by Crippen LogP contribution is -2.88. The maximum Gasteiger partial charge on any atom is 0.316 e. The molecule has 1 unspecified atom stereocenters. The summed E-state index contributed by atoms with van der Waals surface area (Å²) in [6.45, 7) is -3.32. The number of fused-ring (bicyclic) bond motifs is 2. The number of piperidine rings is 2. The molecule has 21 N–H and O–H groups in total. The Hall–Kier alpha value is -9.00. The van der Waals surface area contributed by atoms with Gasteiger partial charge in [-0.05, 0) is 97.1 Å². The van der Waals surface area contributed by atoms with Crippen molar-refractivity contribution in [2.24, 2.45) is 11.5 Å². The number of carbonyl (C=O) groups is 6. The Morgan fingerprint density at radius 3 is 1.30 bits per heavy atom. The minimum atomic E-state index is -4.71. The lowest BCUT2D eigenvalue weighted by molar-refractivity contribution is -0.505. The fraction of sp³-hybridized carbons (Fsp3) is 0.280. The lowest BCUT2D eigenvalue weighted by Gasteiger charge is -2.55. The van der Waals surface area contributed by atoms with Crippen LogP contribution in [0.4, 0.5) is 22.7 Å². The number of rotatable bonds is 13. The van der Waals surface area contributed by atoms with Crippen LogP contribution in [0.2, 0.25) is 0 Å². The van der Waals surface area contributed by atoms with Crippen LogP contribution in [0.3, 0.4) is 0 Å². The van der Waals surface area contributed by atoms with E-state index in [-0.39, 0.29) is 33.4 Å². The third kappa shape index (κ3) is 8.64. The fourth-order valence-corrected chi connectivity index (χ4v) is 10.2. The van der Waals surface area contributed by atoms with Crippen molar-refractivity contribution in [1.82, 2.24) is 19.6 Å². The number of carbonyl (C=O) groups excluding carboxylic acids is 6. The van der Waals surface area contributed by atoms with Crippen molar-refractivity contribution in [3.63, 3.8) is 0 Å². The van der Waals surface area contributed by atoms with E-state index in [2.05, 4.69) is 10.2 Å². The Labute approximate surface area is 477 Å². The van der Waals surface area contributed by atoms with E-state index in [9.17, 15) is 116 Å². The molecule has 6 heterocycles. The number of anilines is 4. The van der Waals surface area contributed by atoms with Gasteiger partial charge in [-0.25, -0.2) is 9.36 Å². The van der Waals surface area contributed by atoms with E-state index in [4.69, 9.17) is 25.7 Å². The van der Waals surface area contributed by atoms with Gasteiger partial charge in [-0.1, -0.05) is 0 Å². The first-order valence-corrected chi connectivity index (χ1v) is 24.5. The van der Waals surface area contributed by atoms with Crippen LogP contribution >= 0.6 is 0 Å². The number of aliphatic hydroxyl groups is 17. The zero-order chi connectivity index (χ0) is 63.2. The molecule has 0 bridgehead atoms. The van der Waals surface area contributed by atoms with Gasteiger partial charge in [0.15, 0.2) is 18.2 Å². The van der Waals surface area contributed by atoms with Gasteiger partial charge < -0.3 is 122 Å². The fourth-order valence-electron chi connectivity index (χ4n) is 10.2. The Balaban J connectivity index is 0.871. The number of amides is 6. The third-order valence-corrected chi connectivity index (χ3v) is 14.6. The van der Waals surface area contributed by atoms with Gasteiger partial charge in [-0.15, -0.1) is 0 Å². The average Bonchev–Trinajstić information content (AvgIpc) is 0.966. The molecule has 454 valence electrons. The van der Waals surface area contributed by atoms with Gasteiger partial charge >= 0.3 is 29.2 Å². The van der Waals surface area contributed by atoms with E-state index in [1.165, 1.54) is 31.4 Å². The summed E-state index contributed by atoms with van der Waals surface area (Å²) in [5, 5.41) is 192. The molecule has 2 saturated heterocycles. The molecule has 36 nitrogen and oxygen atoms in total. The van der Waals surface area contributed by atoms with Crippen LogP contribution in [0.5, 0.6) is 11.5 Å². The molecule has 0 aliphatic carbocycles. The summed E-state index contributed by atoms with van der Waals surface area (Å²) in [4.78, 5) is 81.2. The first-order chi connectivity index (χ1) is 39.8. The highest BCUT2D eigenvalue weighted by Crippen LogP contribution is 2.47. The summed E-state index contributed by atoms with van der Waals surface area (Å²) >= 11 is 0. The predicted molar refractivity (Wildman–Crippen MR) is 273 cm³/mol. The van der Waals surface area contributed by atoms with Crippen LogP contribution in [0.1, 0.15) is 59.5 Å². The molecular weight excluding hydrogens is 1160 g/mol. The number of hydrogen-bond acceptors (Lipinski definition) is 28. The van der Waals surface area contributed by atoms with Crippen LogP contribution in [-0.2, 0) is 25.9 Å². The molecule has 0 saturated carbocycles. The van der Waals surface area contributed by atoms with Gasteiger partial charge in [0.1, 0.15) is 22.9 Å². The normalized spacial score (nSPS) is 22.1. The topological polar surface area (TPSA) is 575 Å². The van der Waals surface area contributed by atoms with E-state index in [0.29, 0.717) is 10.6 Å². The van der Waals surface area contributed by atoms with Gasteiger partial charge in [0.05, 0.1) is 49.1 Å². The summed E-state index contributed by atoms with van der Waals surface area (Å²) < 4.78 is 17.5. The molecule has 4 aliphatic rings. The predicted octanol–water partition coefficient (Wildman–Crippen LogP) is -8.31. The van der Waals surface area contributed by atoms with Crippen molar-refractivity contribution in [3.05, 3.63) is 131 Å². The standard InChI is InChI=1S/C50H48N10O26/c1-84-28-14-10-26(11-15-28)59-35-31(33(53-59)37(51)62)42(67,68)19-55(39(35)64)22-2-6-24(7-3-22)57-30(61)18-44(71,72)48(79,50(57,82)83)86-21-85-29-16-12-27(13-17-29)60-36-32(34(54-60)38(52)63)43(69,70)20-56(40(36)65)23-4-8-25(9-5-23)58-41(66)45(73,74)46(75,76)47(77,78)49(58,80)81/h2-17,67-83H,18-21H2,1H3,(H2,51,62)(H2,52,63). The van der Waals surface area contributed by atoms with Crippen molar-refractivity contribution < 1.29 is 130 Å². The highest BCUT2D eigenvalue weighted by atomic mass is 16.8.